The van der Waals surface area contributed by atoms with Crippen LogP contribution < -0.4 is 15.8 Å². The highest BCUT2D eigenvalue weighted by Crippen LogP contribution is 2.29. The van der Waals surface area contributed by atoms with Crippen LogP contribution in [0.4, 0.5) is 5.69 Å². The number of methoxy groups -OCH3 is 1. The van der Waals surface area contributed by atoms with Gasteiger partial charge in [0.15, 0.2) is 0 Å². The van der Waals surface area contributed by atoms with Crippen molar-refractivity contribution in [2.45, 2.75) is 13.3 Å². The van der Waals surface area contributed by atoms with E-state index in [0.29, 0.717) is 19.8 Å². The fourth-order valence-electron chi connectivity index (χ4n) is 2.09. The number of aryl methyl sites for hydroxylation is 1. The lowest BCUT2D eigenvalue weighted by Crippen LogP contribution is -2.56. The molecule has 1 aromatic carbocycles. The fraction of sp³-hybridized carbons (Fsp3) is 0.500. The molecule has 19 heavy (non-hydrogen) atoms. The SMILES string of the molecule is CCc1cc(NC(=O)C2(CN)COC2)ccc1OC. The molecule has 1 amide bonds. The average molecular weight is 264 g/mol. The molecule has 5 nitrogen and oxygen atoms in total. The van der Waals surface area contributed by atoms with Crippen molar-refractivity contribution in [3.63, 3.8) is 0 Å². The Morgan fingerprint density at radius 1 is 1.53 bits per heavy atom. The highest BCUT2D eigenvalue weighted by atomic mass is 16.5. The van der Waals surface area contributed by atoms with Gasteiger partial charge in [0.25, 0.3) is 0 Å². The van der Waals surface area contributed by atoms with Crippen LogP contribution in [0.2, 0.25) is 0 Å². The Bertz CT molecular complexity index is 464. The van der Waals surface area contributed by atoms with Crippen LogP contribution in [-0.2, 0) is 16.0 Å². The summed E-state index contributed by atoms with van der Waals surface area (Å²) in [5, 5.41) is 2.91. The van der Waals surface area contributed by atoms with Crippen molar-refractivity contribution in [3.8, 4) is 5.75 Å². The third-order valence-corrected chi connectivity index (χ3v) is 3.55. The maximum atomic E-state index is 12.2. The van der Waals surface area contributed by atoms with Crippen LogP contribution in [0.1, 0.15) is 12.5 Å². The van der Waals surface area contributed by atoms with Gasteiger partial charge < -0.3 is 20.5 Å². The van der Waals surface area contributed by atoms with Gasteiger partial charge in [-0.3, -0.25) is 4.79 Å². The molecular weight excluding hydrogens is 244 g/mol. The van der Waals surface area contributed by atoms with Gasteiger partial charge >= 0.3 is 0 Å². The second-order valence-corrected chi connectivity index (χ2v) is 4.81. The van der Waals surface area contributed by atoms with Crippen LogP contribution in [0, 0.1) is 5.41 Å². The molecule has 1 heterocycles. The van der Waals surface area contributed by atoms with Crippen LogP contribution in [0.15, 0.2) is 18.2 Å². The van der Waals surface area contributed by atoms with Gasteiger partial charge in [0.05, 0.1) is 20.3 Å². The van der Waals surface area contributed by atoms with E-state index in [9.17, 15) is 4.79 Å². The average Bonchev–Trinajstić information content (AvgIpc) is 2.38. The topological polar surface area (TPSA) is 73.6 Å². The zero-order valence-corrected chi connectivity index (χ0v) is 11.4. The molecule has 1 fully saturated rings. The molecular formula is C14H20N2O3. The van der Waals surface area contributed by atoms with Gasteiger partial charge in [0.1, 0.15) is 11.2 Å². The zero-order chi connectivity index (χ0) is 13.9. The summed E-state index contributed by atoms with van der Waals surface area (Å²) < 4.78 is 10.4. The molecule has 3 N–H and O–H groups in total. The molecule has 0 radical (unpaired) electrons. The minimum atomic E-state index is -0.563. The Hall–Kier alpha value is -1.59. The molecule has 1 saturated heterocycles. The van der Waals surface area contributed by atoms with E-state index in [1.807, 2.05) is 25.1 Å². The van der Waals surface area contributed by atoms with E-state index in [-0.39, 0.29) is 5.91 Å². The Morgan fingerprint density at radius 3 is 2.74 bits per heavy atom. The van der Waals surface area contributed by atoms with Crippen molar-refractivity contribution >= 4 is 11.6 Å². The first-order valence-electron chi connectivity index (χ1n) is 6.41. The summed E-state index contributed by atoms with van der Waals surface area (Å²) in [6.07, 6.45) is 0.845. The molecule has 2 rings (SSSR count). The number of hydrogen-bond acceptors (Lipinski definition) is 4. The van der Waals surface area contributed by atoms with Crippen molar-refractivity contribution in [3.05, 3.63) is 23.8 Å². The summed E-state index contributed by atoms with van der Waals surface area (Å²) in [6, 6.07) is 5.63. The van der Waals surface area contributed by atoms with Gasteiger partial charge in [-0.15, -0.1) is 0 Å². The lowest BCUT2D eigenvalue weighted by atomic mass is 9.85. The van der Waals surface area contributed by atoms with Gasteiger partial charge in [-0.2, -0.15) is 0 Å². The van der Waals surface area contributed by atoms with E-state index in [4.69, 9.17) is 15.2 Å². The molecule has 1 aliphatic heterocycles. The molecule has 1 aliphatic rings. The smallest absolute Gasteiger partial charge is 0.236 e. The van der Waals surface area contributed by atoms with Gasteiger partial charge in [0.2, 0.25) is 5.91 Å². The Morgan fingerprint density at radius 2 is 2.26 bits per heavy atom. The summed E-state index contributed by atoms with van der Waals surface area (Å²) in [5.41, 5.74) is 6.93. The molecule has 104 valence electrons. The van der Waals surface area contributed by atoms with Crippen LogP contribution in [0.25, 0.3) is 0 Å². The molecule has 0 atom stereocenters. The van der Waals surface area contributed by atoms with Crippen molar-refractivity contribution in [1.29, 1.82) is 0 Å². The van der Waals surface area contributed by atoms with Crippen LogP contribution in [-0.4, -0.2) is 32.8 Å². The Kier molecular flexibility index (Phi) is 4.07. The number of rotatable bonds is 5. The molecule has 1 aromatic rings. The van der Waals surface area contributed by atoms with Gasteiger partial charge in [0, 0.05) is 12.2 Å². The van der Waals surface area contributed by atoms with Gasteiger partial charge in [-0.25, -0.2) is 0 Å². The maximum absolute atomic E-state index is 12.2. The van der Waals surface area contributed by atoms with Crippen LogP contribution in [0.5, 0.6) is 5.75 Å². The number of amides is 1. The summed E-state index contributed by atoms with van der Waals surface area (Å²) in [6.45, 7) is 3.14. The summed E-state index contributed by atoms with van der Waals surface area (Å²) in [7, 11) is 1.64. The van der Waals surface area contributed by atoms with Gasteiger partial charge in [-0.1, -0.05) is 6.92 Å². The predicted molar refractivity (Wildman–Crippen MR) is 73.3 cm³/mol. The first kappa shape index (κ1) is 13.8. The third kappa shape index (κ3) is 2.57. The number of anilines is 1. The quantitative estimate of drug-likeness (QED) is 0.837. The van der Waals surface area contributed by atoms with Crippen molar-refractivity contribution in [2.24, 2.45) is 11.1 Å². The Balaban J connectivity index is 2.13. The summed E-state index contributed by atoms with van der Waals surface area (Å²) in [4.78, 5) is 12.2. The van der Waals surface area contributed by atoms with E-state index in [0.717, 1.165) is 23.4 Å². The number of benzene rings is 1. The number of carbonyl (C=O) groups is 1. The minimum absolute atomic E-state index is 0.0755. The summed E-state index contributed by atoms with van der Waals surface area (Å²) in [5.74, 6) is 0.759. The first-order chi connectivity index (χ1) is 9.15. The van der Waals surface area contributed by atoms with Gasteiger partial charge in [-0.05, 0) is 30.2 Å². The standard InChI is InChI=1S/C14H20N2O3/c1-3-10-6-11(4-5-12(10)18-2)16-13(17)14(7-15)8-19-9-14/h4-6H,3,7-9,15H2,1-2H3,(H,16,17). The number of carbonyl (C=O) groups excluding carboxylic acids is 1. The molecule has 0 unspecified atom stereocenters. The Labute approximate surface area is 113 Å². The molecule has 5 heteroatoms. The van der Waals surface area contributed by atoms with Crippen molar-refractivity contribution < 1.29 is 14.3 Å². The summed E-state index contributed by atoms with van der Waals surface area (Å²) >= 11 is 0. The second kappa shape index (κ2) is 5.59. The van der Waals surface area contributed by atoms with E-state index >= 15 is 0 Å². The normalized spacial score (nSPS) is 16.6. The third-order valence-electron chi connectivity index (χ3n) is 3.55. The number of nitrogens with one attached hydrogen (secondary N) is 1. The van der Waals surface area contributed by atoms with Crippen molar-refractivity contribution in [2.75, 3.05) is 32.2 Å². The predicted octanol–water partition coefficient (Wildman–Crippen LogP) is 1.17. The molecule has 0 bridgehead atoms. The monoisotopic (exact) mass is 264 g/mol. The maximum Gasteiger partial charge on any atom is 0.236 e. The van der Waals surface area contributed by atoms with E-state index < -0.39 is 5.41 Å². The first-order valence-corrected chi connectivity index (χ1v) is 6.41. The minimum Gasteiger partial charge on any atom is -0.496 e. The fourth-order valence-corrected chi connectivity index (χ4v) is 2.09. The number of nitrogens with two attached hydrogens (primary N) is 1. The molecule has 0 saturated carbocycles. The lowest BCUT2D eigenvalue weighted by Gasteiger charge is -2.38. The second-order valence-electron chi connectivity index (χ2n) is 4.81. The molecule has 0 aromatic heterocycles. The number of ether oxygens (including phenoxy) is 2. The van der Waals surface area contributed by atoms with Crippen LogP contribution in [0.3, 0.4) is 0 Å². The van der Waals surface area contributed by atoms with E-state index in [1.54, 1.807) is 7.11 Å². The van der Waals surface area contributed by atoms with E-state index in [1.165, 1.54) is 0 Å². The zero-order valence-electron chi connectivity index (χ0n) is 11.4. The lowest BCUT2D eigenvalue weighted by molar-refractivity contribution is -0.153. The largest absolute Gasteiger partial charge is 0.496 e. The van der Waals surface area contributed by atoms with Crippen LogP contribution >= 0.6 is 0 Å². The number of hydrogen-bond donors (Lipinski definition) is 2. The molecule has 0 aliphatic carbocycles. The highest BCUT2D eigenvalue weighted by Gasteiger charge is 2.44. The van der Waals surface area contributed by atoms with E-state index in [2.05, 4.69) is 5.32 Å². The molecule has 0 spiro atoms. The van der Waals surface area contributed by atoms with Crippen molar-refractivity contribution in [1.82, 2.24) is 0 Å². The highest BCUT2D eigenvalue weighted by molar-refractivity contribution is 5.96.